The highest BCUT2D eigenvalue weighted by atomic mass is 35.5. The van der Waals surface area contributed by atoms with Crippen LogP contribution < -0.4 is 10.6 Å². The second-order valence-corrected chi connectivity index (χ2v) is 3.65. The van der Waals surface area contributed by atoms with E-state index in [4.69, 9.17) is 17.0 Å². The number of rotatable bonds is 2. The van der Waals surface area contributed by atoms with Gasteiger partial charge in [-0.1, -0.05) is 11.6 Å². The summed E-state index contributed by atoms with van der Waals surface area (Å²) in [5, 5.41) is 14.6. The molecule has 0 amide bonds. The van der Waals surface area contributed by atoms with Crippen molar-refractivity contribution in [1.29, 1.82) is 5.41 Å². The van der Waals surface area contributed by atoms with Crippen LogP contribution in [0.3, 0.4) is 0 Å². The molecule has 14 heavy (non-hydrogen) atoms. The average molecular weight is 217 g/mol. The summed E-state index contributed by atoms with van der Waals surface area (Å²) in [6.45, 7) is 5.42. The highest BCUT2D eigenvalue weighted by molar-refractivity contribution is 6.42. The molecule has 0 spiro atoms. The molecule has 1 aliphatic heterocycles. The first kappa shape index (κ1) is 11.3. The van der Waals surface area contributed by atoms with E-state index >= 15 is 0 Å². The van der Waals surface area contributed by atoms with Gasteiger partial charge in [-0.15, -0.1) is 0 Å². The van der Waals surface area contributed by atoms with Crippen LogP contribution in [0.4, 0.5) is 0 Å². The molecule has 1 fully saturated rings. The molecule has 0 unspecified atom stereocenters. The van der Waals surface area contributed by atoms with Crippen LogP contribution in [-0.4, -0.2) is 44.0 Å². The molecule has 0 bridgehead atoms. The maximum atomic E-state index is 7.89. The quantitative estimate of drug-likeness (QED) is 0.467. The van der Waals surface area contributed by atoms with E-state index in [2.05, 4.69) is 10.6 Å². The summed E-state index contributed by atoms with van der Waals surface area (Å²) in [5.74, 6) is 0.417. The van der Waals surface area contributed by atoms with Crippen LogP contribution in [0.2, 0.25) is 0 Å². The van der Waals surface area contributed by atoms with Crippen molar-refractivity contribution in [3.63, 3.8) is 0 Å². The molecule has 0 aromatic heterocycles. The third kappa shape index (κ3) is 2.62. The van der Waals surface area contributed by atoms with Gasteiger partial charge in [0.15, 0.2) is 0 Å². The normalized spacial score (nSPS) is 18.9. The van der Waals surface area contributed by atoms with Gasteiger partial charge in [0.05, 0.1) is 0 Å². The highest BCUT2D eigenvalue weighted by Crippen LogP contribution is 2.11. The van der Waals surface area contributed by atoms with E-state index in [0.717, 1.165) is 31.9 Å². The molecule has 1 rings (SSSR count). The van der Waals surface area contributed by atoms with Gasteiger partial charge in [0.25, 0.3) is 0 Å². The largest absolute Gasteiger partial charge is 0.390 e. The summed E-state index contributed by atoms with van der Waals surface area (Å²) < 4.78 is 0. The summed E-state index contributed by atoms with van der Waals surface area (Å²) in [6, 6.07) is 0. The van der Waals surface area contributed by atoms with E-state index in [-0.39, 0.29) is 0 Å². The monoisotopic (exact) mass is 216 g/mol. The predicted octanol–water partition coefficient (Wildman–Crippen LogP) is 0.559. The van der Waals surface area contributed by atoms with Crippen molar-refractivity contribution in [2.24, 2.45) is 0 Å². The van der Waals surface area contributed by atoms with Crippen molar-refractivity contribution in [1.82, 2.24) is 15.5 Å². The van der Waals surface area contributed by atoms with Crippen LogP contribution >= 0.6 is 11.6 Å². The van der Waals surface area contributed by atoms with Crippen LogP contribution in [0.25, 0.3) is 0 Å². The summed E-state index contributed by atoms with van der Waals surface area (Å²) in [4.78, 5) is 1.99. The number of hydrogen-bond donors (Lipinski definition) is 3. The lowest BCUT2D eigenvalue weighted by atomic mass is 10.3. The second kappa shape index (κ2) is 5.22. The van der Waals surface area contributed by atoms with E-state index in [1.54, 1.807) is 0 Å². The molecule has 1 saturated heterocycles. The number of allylic oxidation sites excluding steroid dienone is 1. The van der Waals surface area contributed by atoms with Gasteiger partial charge in [-0.25, -0.2) is 0 Å². The number of amidine groups is 1. The first-order valence-electron chi connectivity index (χ1n) is 4.75. The minimum atomic E-state index is 0.417. The molecule has 3 N–H and O–H groups in total. The van der Waals surface area contributed by atoms with Crippen molar-refractivity contribution in [3.05, 3.63) is 10.7 Å². The Morgan fingerprint density at radius 1 is 1.43 bits per heavy atom. The molecule has 1 heterocycles. The van der Waals surface area contributed by atoms with Crippen molar-refractivity contribution in [3.8, 4) is 0 Å². The Balaban J connectivity index is 2.63. The summed E-state index contributed by atoms with van der Waals surface area (Å²) in [6.07, 6.45) is 0. The fraction of sp³-hybridized carbons (Fsp3) is 0.667. The molecular formula is C9H17ClN4. The van der Waals surface area contributed by atoms with Crippen LogP contribution in [0.5, 0.6) is 0 Å². The zero-order chi connectivity index (χ0) is 10.6. The highest BCUT2D eigenvalue weighted by Gasteiger charge is 2.16. The maximum Gasteiger partial charge on any atom is 0.141 e. The topological polar surface area (TPSA) is 51.2 Å². The van der Waals surface area contributed by atoms with Crippen LogP contribution in [0.15, 0.2) is 10.7 Å². The fourth-order valence-electron chi connectivity index (χ4n) is 1.31. The lowest BCUT2D eigenvalue weighted by Crippen LogP contribution is -2.46. The summed E-state index contributed by atoms with van der Waals surface area (Å²) >= 11 is 6.05. The van der Waals surface area contributed by atoms with Gasteiger partial charge in [0.1, 0.15) is 10.9 Å². The minimum absolute atomic E-state index is 0.417. The lowest BCUT2D eigenvalue weighted by Gasteiger charge is -2.29. The van der Waals surface area contributed by atoms with Gasteiger partial charge >= 0.3 is 0 Å². The van der Waals surface area contributed by atoms with Crippen LogP contribution in [-0.2, 0) is 0 Å². The van der Waals surface area contributed by atoms with Gasteiger partial charge in [0, 0.05) is 38.9 Å². The van der Waals surface area contributed by atoms with Gasteiger partial charge in [-0.3, -0.25) is 5.41 Å². The van der Waals surface area contributed by atoms with E-state index in [9.17, 15) is 0 Å². The minimum Gasteiger partial charge on any atom is -0.390 e. The van der Waals surface area contributed by atoms with E-state index in [1.165, 1.54) is 0 Å². The van der Waals surface area contributed by atoms with Crippen molar-refractivity contribution in [2.75, 3.05) is 33.2 Å². The molecule has 80 valence electrons. The fourth-order valence-corrected chi connectivity index (χ4v) is 1.53. The van der Waals surface area contributed by atoms with Gasteiger partial charge < -0.3 is 15.5 Å². The first-order chi connectivity index (χ1) is 6.66. The number of halogens is 1. The maximum absolute atomic E-state index is 7.89. The van der Waals surface area contributed by atoms with Crippen LogP contribution in [0.1, 0.15) is 6.92 Å². The summed E-state index contributed by atoms with van der Waals surface area (Å²) in [5.41, 5.74) is 0.843. The zero-order valence-corrected chi connectivity index (χ0v) is 9.41. The molecular weight excluding hydrogens is 200 g/mol. The Morgan fingerprint density at radius 3 is 2.50 bits per heavy atom. The van der Waals surface area contributed by atoms with E-state index in [1.807, 2.05) is 18.9 Å². The lowest BCUT2D eigenvalue weighted by molar-refractivity contribution is 0.356. The Hall–Kier alpha value is -0.740. The van der Waals surface area contributed by atoms with Gasteiger partial charge in [-0.05, 0) is 6.92 Å². The average Bonchev–Trinajstić information content (AvgIpc) is 2.27. The Morgan fingerprint density at radius 2 is 2.00 bits per heavy atom. The molecule has 4 nitrogen and oxygen atoms in total. The van der Waals surface area contributed by atoms with Crippen molar-refractivity contribution in [2.45, 2.75) is 6.92 Å². The molecule has 5 heteroatoms. The van der Waals surface area contributed by atoms with E-state index in [0.29, 0.717) is 10.9 Å². The zero-order valence-electron chi connectivity index (χ0n) is 8.65. The predicted molar refractivity (Wildman–Crippen MR) is 59.8 cm³/mol. The number of hydrogen-bond acceptors (Lipinski definition) is 3. The van der Waals surface area contributed by atoms with Gasteiger partial charge in [-0.2, -0.15) is 0 Å². The van der Waals surface area contributed by atoms with Crippen molar-refractivity contribution >= 4 is 17.4 Å². The molecule has 0 saturated carbocycles. The standard InChI is InChI=1S/C9H17ClN4/c1-7(12-2)8(10)9(11)14-5-3-13-4-6-14/h11-13H,3-6H2,1-2H3. The third-order valence-corrected chi connectivity index (χ3v) is 2.81. The van der Waals surface area contributed by atoms with Crippen molar-refractivity contribution < 1.29 is 0 Å². The second-order valence-electron chi connectivity index (χ2n) is 3.27. The Bertz CT molecular complexity index is 243. The number of nitrogens with one attached hydrogen (secondary N) is 3. The smallest absolute Gasteiger partial charge is 0.141 e. The SMILES string of the molecule is CNC(C)=C(Cl)C(=N)N1CCNCC1. The molecule has 0 aromatic rings. The molecule has 0 radical (unpaired) electrons. The van der Waals surface area contributed by atoms with Gasteiger partial charge in [0.2, 0.25) is 0 Å². The number of piperazine rings is 1. The Labute approximate surface area is 89.8 Å². The Kier molecular flexibility index (Phi) is 4.22. The molecule has 1 aliphatic rings. The number of nitrogens with zero attached hydrogens (tertiary/aromatic N) is 1. The third-order valence-electron chi connectivity index (χ3n) is 2.35. The first-order valence-corrected chi connectivity index (χ1v) is 5.13. The molecule has 0 aliphatic carbocycles. The van der Waals surface area contributed by atoms with E-state index < -0.39 is 0 Å². The molecule has 0 aromatic carbocycles. The van der Waals surface area contributed by atoms with Crippen LogP contribution in [0, 0.1) is 5.41 Å². The summed E-state index contributed by atoms with van der Waals surface area (Å²) in [7, 11) is 1.81. The molecule has 0 atom stereocenters.